The largest absolute Gasteiger partial charge is 0.390 e. The maximum Gasteiger partial charge on any atom is 0.0917 e. The Morgan fingerprint density at radius 2 is 2.44 bits per heavy atom. The van der Waals surface area contributed by atoms with E-state index in [1.54, 1.807) is 10.9 Å². The van der Waals surface area contributed by atoms with Crippen LogP contribution in [0.2, 0.25) is 0 Å². The Bertz CT molecular complexity index is 371. The van der Waals surface area contributed by atoms with Crippen molar-refractivity contribution in [1.82, 2.24) is 14.7 Å². The van der Waals surface area contributed by atoms with Gasteiger partial charge in [-0.05, 0) is 11.6 Å². The molecule has 2 rings (SSSR count). The molecule has 0 aromatic carbocycles. The number of aliphatic hydroxyl groups excluding tert-OH is 1. The minimum absolute atomic E-state index is 0.000986. The lowest BCUT2D eigenvalue weighted by Gasteiger charge is -2.14. The smallest absolute Gasteiger partial charge is 0.0917 e. The molecule has 86 valence electrons. The second kappa shape index (κ2) is 4.98. The van der Waals surface area contributed by atoms with Crippen molar-refractivity contribution < 1.29 is 5.11 Å². The van der Waals surface area contributed by atoms with E-state index in [2.05, 4.69) is 20.0 Å². The molecule has 7 nitrogen and oxygen atoms in total. The summed E-state index contributed by atoms with van der Waals surface area (Å²) in [5.74, 6) is 0. The van der Waals surface area contributed by atoms with E-state index in [4.69, 9.17) is 5.53 Å². The quantitative estimate of drug-likeness (QED) is 0.454. The summed E-state index contributed by atoms with van der Waals surface area (Å²) >= 11 is 0. The number of aliphatic hydroxyl groups is 1. The zero-order valence-electron chi connectivity index (χ0n) is 8.85. The second-order valence-electron chi connectivity index (χ2n) is 3.83. The van der Waals surface area contributed by atoms with Crippen LogP contribution >= 0.6 is 0 Å². The van der Waals surface area contributed by atoms with Gasteiger partial charge in [0.15, 0.2) is 0 Å². The van der Waals surface area contributed by atoms with Crippen molar-refractivity contribution >= 4 is 0 Å². The van der Waals surface area contributed by atoms with Crippen molar-refractivity contribution in [3.63, 3.8) is 0 Å². The maximum absolute atomic E-state index is 9.88. The zero-order chi connectivity index (χ0) is 11.4. The van der Waals surface area contributed by atoms with Gasteiger partial charge >= 0.3 is 0 Å². The van der Waals surface area contributed by atoms with Crippen LogP contribution in [0.5, 0.6) is 0 Å². The van der Waals surface area contributed by atoms with Crippen molar-refractivity contribution in [2.45, 2.75) is 12.1 Å². The summed E-state index contributed by atoms with van der Waals surface area (Å²) in [6, 6.07) is 1.84. The maximum atomic E-state index is 9.88. The monoisotopic (exact) mass is 222 g/mol. The Hall–Kier alpha value is -1.56. The molecule has 1 aliphatic rings. The van der Waals surface area contributed by atoms with Crippen molar-refractivity contribution in [3.05, 3.63) is 28.9 Å². The summed E-state index contributed by atoms with van der Waals surface area (Å²) in [5, 5.41) is 17.5. The highest BCUT2D eigenvalue weighted by Crippen LogP contribution is 2.20. The molecule has 1 aromatic heterocycles. The van der Waals surface area contributed by atoms with Crippen LogP contribution in [0.25, 0.3) is 10.4 Å². The number of β-amino-alcohol motifs (C(OH)–C–C–N with tert-alkyl or cyclic N) is 1. The molecule has 1 N–H and O–H groups in total. The van der Waals surface area contributed by atoms with E-state index < -0.39 is 6.10 Å². The third kappa shape index (κ3) is 2.33. The van der Waals surface area contributed by atoms with Crippen LogP contribution in [-0.4, -0.2) is 52.1 Å². The molecule has 7 heteroatoms. The molecule has 0 radical (unpaired) electrons. The minimum Gasteiger partial charge on any atom is -0.390 e. The highest BCUT2D eigenvalue weighted by atomic mass is 16.3. The molecule has 0 amide bonds. The van der Waals surface area contributed by atoms with E-state index in [0.717, 1.165) is 6.54 Å². The first kappa shape index (κ1) is 10.9. The molecular formula is C9H14N6O. The number of aromatic nitrogens is 2. The average Bonchev–Trinajstić information content (AvgIpc) is 2.87. The van der Waals surface area contributed by atoms with Gasteiger partial charge in [0, 0.05) is 43.5 Å². The van der Waals surface area contributed by atoms with Crippen LogP contribution in [-0.2, 0) is 0 Å². The van der Waals surface area contributed by atoms with Crippen molar-refractivity contribution in [2.24, 2.45) is 5.11 Å². The van der Waals surface area contributed by atoms with E-state index in [9.17, 15) is 5.11 Å². The van der Waals surface area contributed by atoms with Gasteiger partial charge in [0.1, 0.15) is 0 Å². The Morgan fingerprint density at radius 3 is 3.12 bits per heavy atom. The molecule has 0 unspecified atom stereocenters. The van der Waals surface area contributed by atoms with Crippen molar-refractivity contribution in [1.29, 1.82) is 0 Å². The Morgan fingerprint density at radius 1 is 1.56 bits per heavy atom. The number of nitrogens with zero attached hydrogens (tertiary/aromatic N) is 6. The lowest BCUT2D eigenvalue weighted by atomic mass is 10.2. The van der Waals surface area contributed by atoms with Crippen LogP contribution in [0, 0.1) is 0 Å². The zero-order valence-corrected chi connectivity index (χ0v) is 8.85. The van der Waals surface area contributed by atoms with Gasteiger partial charge in [-0.1, -0.05) is 5.11 Å². The molecule has 1 saturated heterocycles. The fraction of sp³-hybridized carbons (Fsp3) is 0.667. The topological polar surface area (TPSA) is 90.0 Å². The molecule has 0 spiro atoms. The molecule has 1 aromatic rings. The summed E-state index contributed by atoms with van der Waals surface area (Å²) < 4.78 is 1.78. The lowest BCUT2D eigenvalue weighted by Crippen LogP contribution is -2.24. The first-order valence-corrected chi connectivity index (χ1v) is 5.21. The van der Waals surface area contributed by atoms with Crippen molar-refractivity contribution in [3.8, 4) is 0 Å². The van der Waals surface area contributed by atoms with Crippen LogP contribution in [0.15, 0.2) is 23.6 Å². The molecular weight excluding hydrogens is 208 g/mol. The van der Waals surface area contributed by atoms with E-state index >= 15 is 0 Å². The third-order valence-corrected chi connectivity index (χ3v) is 2.78. The van der Waals surface area contributed by atoms with Gasteiger partial charge in [-0.2, -0.15) is 5.10 Å². The number of hydrogen-bond acceptors (Lipinski definition) is 4. The summed E-state index contributed by atoms with van der Waals surface area (Å²) in [6.07, 6.45) is 3.14. The van der Waals surface area contributed by atoms with E-state index in [0.29, 0.717) is 19.6 Å². The predicted octanol–water partition coefficient (Wildman–Crippen LogP) is 0.411. The van der Waals surface area contributed by atoms with E-state index in [1.165, 1.54) is 0 Å². The van der Waals surface area contributed by atoms with Gasteiger partial charge in [-0.15, -0.1) is 0 Å². The van der Waals surface area contributed by atoms with E-state index in [1.807, 2.05) is 12.3 Å². The third-order valence-electron chi connectivity index (χ3n) is 2.78. The highest BCUT2D eigenvalue weighted by molar-refractivity contribution is 4.91. The summed E-state index contributed by atoms with van der Waals surface area (Å²) in [4.78, 5) is 4.78. The van der Waals surface area contributed by atoms with Gasteiger partial charge in [-0.3, -0.25) is 9.58 Å². The fourth-order valence-electron chi connectivity index (χ4n) is 2.00. The lowest BCUT2D eigenvalue weighted by molar-refractivity contribution is 0.139. The SMILES string of the molecule is [N-]=[N+]=NCCN1C[C@H](O)[C@@H](n2cccn2)C1. The number of azide groups is 1. The fourth-order valence-corrected chi connectivity index (χ4v) is 2.00. The van der Waals surface area contributed by atoms with Gasteiger partial charge in [0.05, 0.1) is 12.1 Å². The van der Waals surface area contributed by atoms with Crippen molar-refractivity contribution in [2.75, 3.05) is 26.2 Å². The summed E-state index contributed by atoms with van der Waals surface area (Å²) in [6.45, 7) is 2.46. The Labute approximate surface area is 92.9 Å². The second-order valence-corrected chi connectivity index (χ2v) is 3.83. The minimum atomic E-state index is -0.411. The molecule has 1 fully saturated rings. The van der Waals surface area contributed by atoms with Gasteiger partial charge in [-0.25, -0.2) is 0 Å². The number of hydrogen-bond donors (Lipinski definition) is 1. The number of rotatable bonds is 4. The molecule has 0 bridgehead atoms. The predicted molar refractivity (Wildman–Crippen MR) is 57.7 cm³/mol. The first-order valence-electron chi connectivity index (χ1n) is 5.21. The molecule has 2 atom stereocenters. The van der Waals surface area contributed by atoms with Crippen LogP contribution < -0.4 is 0 Å². The van der Waals surface area contributed by atoms with Crippen LogP contribution in [0.3, 0.4) is 0 Å². The molecule has 2 heterocycles. The number of likely N-dealkylation sites (tertiary alicyclic amines) is 1. The van der Waals surface area contributed by atoms with Gasteiger partial charge in [0.2, 0.25) is 0 Å². The van der Waals surface area contributed by atoms with Gasteiger partial charge < -0.3 is 5.11 Å². The van der Waals surface area contributed by atoms with E-state index in [-0.39, 0.29) is 6.04 Å². The first-order chi connectivity index (χ1) is 7.81. The Balaban J connectivity index is 1.91. The Kier molecular flexibility index (Phi) is 3.40. The summed E-state index contributed by atoms with van der Waals surface area (Å²) in [5.41, 5.74) is 8.17. The standard InChI is InChI=1S/C9H14N6O/c10-13-11-3-5-14-6-8(9(16)7-14)15-4-1-2-12-15/h1-2,4,8-9,16H,3,5-7H2/t8-,9-/m0/s1. The molecule has 0 saturated carbocycles. The molecule has 16 heavy (non-hydrogen) atoms. The van der Waals surface area contributed by atoms with Gasteiger partial charge in [0.25, 0.3) is 0 Å². The normalized spacial score (nSPS) is 25.6. The molecule has 1 aliphatic heterocycles. The summed E-state index contributed by atoms with van der Waals surface area (Å²) in [7, 11) is 0. The highest BCUT2D eigenvalue weighted by Gasteiger charge is 2.32. The van der Waals surface area contributed by atoms with Crippen LogP contribution in [0.1, 0.15) is 6.04 Å². The van der Waals surface area contributed by atoms with Crippen LogP contribution in [0.4, 0.5) is 0 Å². The molecule has 0 aliphatic carbocycles. The average molecular weight is 222 g/mol.